The Bertz CT molecular complexity index is 2330. The van der Waals surface area contributed by atoms with Crippen LogP contribution < -0.4 is 27.0 Å². The molecule has 1 aliphatic rings. The summed E-state index contributed by atoms with van der Waals surface area (Å²) in [7, 11) is -5.13. The van der Waals surface area contributed by atoms with E-state index in [-0.39, 0.29) is 24.7 Å². The lowest BCUT2D eigenvalue weighted by atomic mass is 10.0. The number of imidazole rings is 1. The van der Waals surface area contributed by atoms with Crippen molar-refractivity contribution < 1.29 is 57.6 Å². The number of amides is 6. The predicted molar refractivity (Wildman–Crippen MR) is 249 cm³/mol. The van der Waals surface area contributed by atoms with Crippen LogP contribution in [-0.2, 0) is 55.7 Å². The summed E-state index contributed by atoms with van der Waals surface area (Å²) >= 11 is 0. The molecule has 3 aromatic rings. The van der Waals surface area contributed by atoms with E-state index in [4.69, 9.17) is 15.8 Å². The number of nitriles is 1. The molecule has 0 saturated carbocycles. The average Bonchev–Trinajstić information content (AvgIpc) is 3.98. The number of oxime groups is 1. The molecule has 0 radical (unpaired) electrons. The van der Waals surface area contributed by atoms with Gasteiger partial charge in [-0.2, -0.15) is 5.26 Å². The molecule has 1 fully saturated rings. The maximum atomic E-state index is 14.1. The molecule has 4 rings (SSSR count). The lowest BCUT2D eigenvalue weighted by molar-refractivity contribution is -0.139. The summed E-state index contributed by atoms with van der Waals surface area (Å²) in [6, 6.07) is 6.21. The highest BCUT2D eigenvalue weighted by molar-refractivity contribution is 7.46. The van der Waals surface area contributed by atoms with E-state index < -0.39 is 80.3 Å². The zero-order valence-electron chi connectivity index (χ0n) is 39.0. The predicted octanol–water partition coefficient (Wildman–Crippen LogP) is 0.942. The van der Waals surface area contributed by atoms with Crippen molar-refractivity contribution >= 4 is 49.5 Å². The molecule has 6 amide bonds. The molecule has 6 atom stereocenters. The second kappa shape index (κ2) is 26.8. The van der Waals surface area contributed by atoms with E-state index in [1.807, 2.05) is 44.2 Å². The van der Waals surface area contributed by atoms with E-state index in [9.17, 15) is 48.2 Å². The summed E-state index contributed by atoms with van der Waals surface area (Å²) in [5.74, 6) is -5.00. The Labute approximate surface area is 399 Å². The molecule has 374 valence electrons. The molecule has 23 nitrogen and oxygen atoms in total. The average molecular weight is 980 g/mol. The van der Waals surface area contributed by atoms with Crippen molar-refractivity contribution in [2.45, 2.75) is 122 Å². The van der Waals surface area contributed by atoms with Crippen molar-refractivity contribution in [3.63, 3.8) is 0 Å². The van der Waals surface area contributed by atoms with Gasteiger partial charge in [-0.3, -0.25) is 38.3 Å². The number of nitrogens with one attached hydrogen (secondary N) is 4. The normalized spacial score (nSPS) is 15.9. The van der Waals surface area contributed by atoms with Crippen LogP contribution in [0.2, 0.25) is 0 Å². The number of primary amides is 1. The number of unbranched alkanes of at least 4 members (excludes halogenated alkanes) is 3. The number of carbonyl (C=O) groups is 6. The fourth-order valence-corrected chi connectivity index (χ4v) is 8.09. The van der Waals surface area contributed by atoms with E-state index in [0.29, 0.717) is 50.2 Å². The number of aromatic nitrogens is 3. The van der Waals surface area contributed by atoms with Gasteiger partial charge in [-0.05, 0) is 69.1 Å². The van der Waals surface area contributed by atoms with E-state index in [1.165, 1.54) is 24.2 Å². The van der Waals surface area contributed by atoms with E-state index in [0.717, 1.165) is 43.0 Å². The van der Waals surface area contributed by atoms with Crippen LogP contribution in [0.1, 0.15) is 89.5 Å². The van der Waals surface area contributed by atoms with Gasteiger partial charge in [0.15, 0.2) is 0 Å². The monoisotopic (exact) mass is 979 g/mol. The fourth-order valence-electron chi connectivity index (χ4n) is 7.54. The Morgan fingerprint density at radius 1 is 0.942 bits per heavy atom. The minimum absolute atomic E-state index is 0.108. The number of phosphoric ester groups is 1. The molecule has 1 aliphatic heterocycles. The molecule has 0 spiro atoms. The second-order valence-electron chi connectivity index (χ2n) is 17.0. The number of likely N-dealkylation sites (tertiary alicyclic amines) is 1. The first-order valence-electron chi connectivity index (χ1n) is 22.5. The van der Waals surface area contributed by atoms with Crippen LogP contribution in [0.3, 0.4) is 0 Å². The summed E-state index contributed by atoms with van der Waals surface area (Å²) in [6.45, 7) is 6.35. The Morgan fingerprint density at radius 2 is 1.62 bits per heavy atom. The lowest BCUT2D eigenvalue weighted by Crippen LogP contribution is -2.61. The second-order valence-corrected chi connectivity index (χ2v) is 18.2. The first-order chi connectivity index (χ1) is 32.8. The quantitative estimate of drug-likeness (QED) is 0.0228. The van der Waals surface area contributed by atoms with Crippen molar-refractivity contribution in [1.82, 2.24) is 40.7 Å². The van der Waals surface area contributed by atoms with Gasteiger partial charge in [0.25, 0.3) is 0 Å². The van der Waals surface area contributed by atoms with Crippen molar-refractivity contribution in [2.75, 3.05) is 19.8 Å². The number of nitrogens with zero attached hydrogens (tertiary/aromatic N) is 6. The van der Waals surface area contributed by atoms with Crippen LogP contribution in [0, 0.1) is 17.2 Å². The molecule has 1 aromatic carbocycles. The summed E-state index contributed by atoms with van der Waals surface area (Å²) < 4.78 is 17.7. The van der Waals surface area contributed by atoms with Crippen LogP contribution in [0.25, 0.3) is 11.3 Å². The van der Waals surface area contributed by atoms with Gasteiger partial charge in [0, 0.05) is 50.1 Å². The zero-order chi connectivity index (χ0) is 50.7. The third kappa shape index (κ3) is 17.8. The Hall–Kier alpha value is -6.57. The summed E-state index contributed by atoms with van der Waals surface area (Å²) in [5, 5.41) is 33.2. The van der Waals surface area contributed by atoms with Crippen LogP contribution in [0.15, 0.2) is 60.3 Å². The van der Waals surface area contributed by atoms with Crippen molar-refractivity contribution in [3.05, 3.63) is 71.9 Å². The summed E-state index contributed by atoms with van der Waals surface area (Å²) in [5.41, 5.74) is 8.84. The van der Waals surface area contributed by atoms with Gasteiger partial charge in [-0.15, -0.1) is 0 Å². The maximum absolute atomic E-state index is 14.1. The molecular weight excluding hydrogens is 918 g/mol. The van der Waals surface area contributed by atoms with Gasteiger partial charge in [0.05, 0.1) is 36.5 Å². The lowest BCUT2D eigenvalue weighted by Gasteiger charge is -2.28. The largest absolute Gasteiger partial charge is 0.469 e. The number of hydrogen-bond acceptors (Lipinski definition) is 14. The number of pyridine rings is 1. The number of aryl methyl sites for hydroxylation is 1. The number of carbonyl (C=O) groups excluding carboxylic acids is 6. The van der Waals surface area contributed by atoms with Gasteiger partial charge < -0.3 is 56.2 Å². The highest BCUT2D eigenvalue weighted by Crippen LogP contribution is 2.38. The SMILES string of the molecule is CC(=O)N1CCC[C@H]1C(=O)N[C@@H](CC(C)C)C(=O)N[C@@H](Cc1cncn1CCCCCCO/N=C/c1ccc(-c2ccc(C#N)cn2)cc1)C(=O)N[C@@H](CO)C(=O)N[C@H](C(N)=O)[C@@H](C)OP(=O)(O)O. The van der Waals surface area contributed by atoms with Crippen molar-refractivity contribution in [3.8, 4) is 17.3 Å². The Balaban J connectivity index is 1.39. The van der Waals surface area contributed by atoms with Gasteiger partial charge in [-0.25, -0.2) is 9.55 Å². The number of nitrogens with two attached hydrogens (primary N) is 1. The van der Waals surface area contributed by atoms with Crippen LogP contribution >= 0.6 is 7.82 Å². The van der Waals surface area contributed by atoms with E-state index >= 15 is 0 Å². The maximum Gasteiger partial charge on any atom is 0.469 e. The van der Waals surface area contributed by atoms with Crippen molar-refractivity contribution in [2.24, 2.45) is 16.8 Å². The number of hydrogen-bond donors (Lipinski definition) is 8. The van der Waals surface area contributed by atoms with Gasteiger partial charge in [0.1, 0.15) is 42.9 Å². The smallest absolute Gasteiger partial charge is 0.396 e. The highest BCUT2D eigenvalue weighted by Gasteiger charge is 2.37. The third-order valence-corrected chi connectivity index (χ3v) is 11.7. The molecule has 69 heavy (non-hydrogen) atoms. The molecule has 0 aliphatic carbocycles. The van der Waals surface area contributed by atoms with E-state index in [1.54, 1.807) is 29.2 Å². The van der Waals surface area contributed by atoms with Gasteiger partial charge in [0.2, 0.25) is 35.4 Å². The van der Waals surface area contributed by atoms with Crippen molar-refractivity contribution in [1.29, 1.82) is 5.26 Å². The van der Waals surface area contributed by atoms with Crippen LogP contribution in [0.5, 0.6) is 0 Å². The van der Waals surface area contributed by atoms with Crippen LogP contribution in [0.4, 0.5) is 0 Å². The van der Waals surface area contributed by atoms with Gasteiger partial charge >= 0.3 is 7.82 Å². The molecular formula is C45H62N11O12P. The number of aliphatic hydroxyl groups is 1. The molecule has 2 aromatic heterocycles. The molecule has 3 heterocycles. The number of benzene rings is 1. The fraction of sp³-hybridized carbons (Fsp3) is 0.511. The zero-order valence-corrected chi connectivity index (χ0v) is 39.9. The Kier molecular flexibility index (Phi) is 21.4. The highest BCUT2D eigenvalue weighted by atomic mass is 31.2. The molecule has 24 heteroatoms. The molecule has 1 saturated heterocycles. The summed E-state index contributed by atoms with van der Waals surface area (Å²) in [4.78, 5) is 113. The van der Waals surface area contributed by atoms with E-state index in [2.05, 4.69) is 40.9 Å². The Morgan fingerprint density at radius 3 is 2.25 bits per heavy atom. The standard InChI is InChI=1S/C45H62N11O12P/c1-28(2)20-36(52-45(63)39-10-9-18-56(39)30(4)58)42(60)51-37(43(61)53-38(26-57)44(62)54-40(41(47)59)29(3)68-69(64,65)66)21-34-25-48-27-55(34)17-7-5-6-8-19-67-50-24-31-11-14-33(15-12-31)35-16-13-32(22-46)23-49-35/h11-16,23-25,27-29,36-40,57H,5-10,17-21,26H2,1-4H3,(H2,47,59)(H,51,60)(H,52,63)(H,53,61)(H,54,62)(H2,64,65,66)/b50-24+/t29-,36+,37+,38+,39+,40+/m1/s1. The first kappa shape index (κ1) is 55.0. The van der Waals surface area contributed by atoms with Gasteiger partial charge in [-0.1, -0.05) is 49.7 Å². The molecule has 9 N–H and O–H groups in total. The minimum atomic E-state index is -5.13. The third-order valence-electron chi connectivity index (χ3n) is 11.1. The minimum Gasteiger partial charge on any atom is -0.396 e. The number of aliphatic hydroxyl groups excluding tert-OH is 1. The first-order valence-corrected chi connectivity index (χ1v) is 24.1. The number of rotatable bonds is 27. The number of phosphoric acid groups is 1. The molecule has 0 unspecified atom stereocenters. The summed E-state index contributed by atoms with van der Waals surface area (Å²) in [6.07, 6.45) is 8.62. The van der Waals surface area contributed by atoms with Crippen LogP contribution in [-0.4, -0.2) is 132 Å². The topological polar surface area (TPSA) is 343 Å². The molecule has 0 bridgehead atoms.